The number of alkyl halides is 1. The molecule has 2 aromatic rings. The molecule has 0 aliphatic rings. The molecule has 0 aliphatic heterocycles. The zero-order valence-corrected chi connectivity index (χ0v) is 11.5. The molecule has 0 N–H and O–H groups in total. The molecule has 2 nitrogen and oxygen atoms in total. The third-order valence-electron chi connectivity index (χ3n) is 3.05. The first kappa shape index (κ1) is 12.4. The molecule has 1 heterocycles. The second-order valence-corrected chi connectivity index (χ2v) is 5.07. The molecule has 92 valence electrons. The van der Waals surface area contributed by atoms with Crippen molar-refractivity contribution in [1.82, 2.24) is 9.55 Å². The predicted octanol–water partition coefficient (Wildman–Crippen LogP) is 4.31. The van der Waals surface area contributed by atoms with E-state index in [0.29, 0.717) is 0 Å². The third-order valence-corrected chi connectivity index (χ3v) is 3.25. The third kappa shape index (κ3) is 2.32. The van der Waals surface area contributed by atoms with Gasteiger partial charge in [0.2, 0.25) is 0 Å². The number of benzene rings is 1. The van der Waals surface area contributed by atoms with Crippen molar-refractivity contribution in [3.8, 4) is 0 Å². The Balaban J connectivity index is 2.61. The van der Waals surface area contributed by atoms with E-state index in [1.165, 1.54) is 11.1 Å². The van der Waals surface area contributed by atoms with Gasteiger partial charge in [0.1, 0.15) is 5.82 Å². The smallest absolute Gasteiger partial charge is 0.127 e. The molecule has 0 radical (unpaired) electrons. The highest BCUT2D eigenvalue weighted by Gasteiger charge is 2.14. The number of halogens is 1. The molecule has 0 saturated heterocycles. The van der Waals surface area contributed by atoms with Gasteiger partial charge in [0.25, 0.3) is 0 Å². The maximum Gasteiger partial charge on any atom is 0.127 e. The number of aryl methyl sites for hydroxylation is 2. The Labute approximate surface area is 108 Å². The Kier molecular flexibility index (Phi) is 3.72. The number of hydrogen-bond donors (Lipinski definition) is 0. The molecule has 1 aromatic carbocycles. The van der Waals surface area contributed by atoms with Crippen LogP contribution < -0.4 is 0 Å². The summed E-state index contributed by atoms with van der Waals surface area (Å²) in [5.74, 6) is 0.983. The molecule has 0 aliphatic carbocycles. The quantitative estimate of drug-likeness (QED) is 0.740. The summed E-state index contributed by atoms with van der Waals surface area (Å²) in [6.45, 7) is 7.30. The lowest BCUT2D eigenvalue weighted by atomic mass is 10.1. The average molecular weight is 251 g/mol. The Morgan fingerprint density at radius 3 is 2.71 bits per heavy atom. The molecular formula is C14H19ClN2. The number of imidazole rings is 1. The first-order valence-corrected chi connectivity index (χ1v) is 6.74. The van der Waals surface area contributed by atoms with Crippen molar-refractivity contribution in [2.45, 2.75) is 45.5 Å². The van der Waals surface area contributed by atoms with Crippen LogP contribution in [0.5, 0.6) is 0 Å². The summed E-state index contributed by atoms with van der Waals surface area (Å²) < 4.78 is 2.24. The maximum atomic E-state index is 6.21. The minimum absolute atomic E-state index is 0.0426. The van der Waals surface area contributed by atoms with E-state index in [-0.39, 0.29) is 5.38 Å². The van der Waals surface area contributed by atoms with Crippen molar-refractivity contribution < 1.29 is 0 Å². The van der Waals surface area contributed by atoms with Crippen LogP contribution in [0.25, 0.3) is 11.0 Å². The summed E-state index contributed by atoms with van der Waals surface area (Å²) in [5, 5.41) is -0.0426. The van der Waals surface area contributed by atoms with Gasteiger partial charge in [-0.25, -0.2) is 4.98 Å². The van der Waals surface area contributed by atoms with Gasteiger partial charge < -0.3 is 4.57 Å². The lowest BCUT2D eigenvalue weighted by Crippen LogP contribution is -2.03. The van der Waals surface area contributed by atoms with E-state index in [4.69, 9.17) is 11.6 Å². The molecule has 1 unspecified atom stereocenters. The van der Waals surface area contributed by atoms with E-state index >= 15 is 0 Å². The zero-order valence-electron chi connectivity index (χ0n) is 10.7. The van der Waals surface area contributed by atoms with Crippen LogP contribution in [0, 0.1) is 0 Å². The first-order chi connectivity index (χ1) is 8.17. The van der Waals surface area contributed by atoms with Crippen molar-refractivity contribution in [2.75, 3.05) is 0 Å². The van der Waals surface area contributed by atoms with Crippen molar-refractivity contribution in [3.05, 3.63) is 29.6 Å². The molecule has 0 spiro atoms. The molecule has 3 heteroatoms. The molecule has 17 heavy (non-hydrogen) atoms. The maximum absolute atomic E-state index is 6.21. The van der Waals surface area contributed by atoms with Crippen LogP contribution in [0.3, 0.4) is 0 Å². The molecule has 1 aromatic heterocycles. The highest BCUT2D eigenvalue weighted by atomic mass is 35.5. The Morgan fingerprint density at radius 2 is 2.12 bits per heavy atom. The minimum Gasteiger partial charge on any atom is -0.327 e. The van der Waals surface area contributed by atoms with Gasteiger partial charge in [-0.1, -0.05) is 19.9 Å². The number of fused-ring (bicyclic) bond motifs is 1. The van der Waals surface area contributed by atoms with Gasteiger partial charge in [-0.2, -0.15) is 0 Å². The fourth-order valence-corrected chi connectivity index (χ4v) is 2.34. The lowest BCUT2D eigenvalue weighted by molar-refractivity contribution is 0.654. The van der Waals surface area contributed by atoms with E-state index in [0.717, 1.165) is 30.7 Å². The highest BCUT2D eigenvalue weighted by molar-refractivity contribution is 6.20. The van der Waals surface area contributed by atoms with Crippen LogP contribution in [0.15, 0.2) is 18.2 Å². The largest absolute Gasteiger partial charge is 0.327 e. The highest BCUT2D eigenvalue weighted by Crippen LogP contribution is 2.25. The SMILES string of the molecule is CCCn1c(C(C)Cl)nc2cc(CC)ccc21. The van der Waals surface area contributed by atoms with Gasteiger partial charge in [-0.3, -0.25) is 0 Å². The Bertz CT molecular complexity index is 514. The zero-order chi connectivity index (χ0) is 12.4. The summed E-state index contributed by atoms with van der Waals surface area (Å²) in [6.07, 6.45) is 2.14. The topological polar surface area (TPSA) is 17.8 Å². The fraction of sp³-hybridized carbons (Fsp3) is 0.500. The van der Waals surface area contributed by atoms with Crippen molar-refractivity contribution in [1.29, 1.82) is 0 Å². The van der Waals surface area contributed by atoms with Crippen molar-refractivity contribution in [3.63, 3.8) is 0 Å². The van der Waals surface area contributed by atoms with E-state index < -0.39 is 0 Å². The van der Waals surface area contributed by atoms with E-state index in [2.05, 4.69) is 41.6 Å². The fourth-order valence-electron chi connectivity index (χ4n) is 2.18. The lowest BCUT2D eigenvalue weighted by Gasteiger charge is -2.08. The van der Waals surface area contributed by atoms with E-state index in [1.54, 1.807) is 0 Å². The monoisotopic (exact) mass is 250 g/mol. The number of aromatic nitrogens is 2. The van der Waals surface area contributed by atoms with Gasteiger partial charge >= 0.3 is 0 Å². The molecule has 0 saturated carbocycles. The summed E-state index contributed by atoms with van der Waals surface area (Å²) in [7, 11) is 0. The van der Waals surface area contributed by atoms with Crippen LogP contribution in [-0.2, 0) is 13.0 Å². The molecule has 0 fully saturated rings. The second-order valence-electron chi connectivity index (χ2n) is 4.41. The predicted molar refractivity (Wildman–Crippen MR) is 73.7 cm³/mol. The van der Waals surface area contributed by atoms with Crippen LogP contribution in [0.1, 0.15) is 44.0 Å². The molecule has 0 bridgehead atoms. The number of nitrogens with zero attached hydrogens (tertiary/aromatic N) is 2. The van der Waals surface area contributed by atoms with Gasteiger partial charge in [0.05, 0.1) is 16.4 Å². The van der Waals surface area contributed by atoms with Gasteiger partial charge in [-0.15, -0.1) is 11.6 Å². The van der Waals surface area contributed by atoms with Crippen LogP contribution in [0.2, 0.25) is 0 Å². The molecular weight excluding hydrogens is 232 g/mol. The minimum atomic E-state index is -0.0426. The first-order valence-electron chi connectivity index (χ1n) is 6.30. The standard InChI is InChI=1S/C14H19ClN2/c1-4-8-17-13-7-6-11(5-2)9-12(13)16-14(17)10(3)15/h6-7,9-10H,4-5,8H2,1-3H3. The summed E-state index contributed by atoms with van der Waals surface area (Å²) in [6, 6.07) is 6.52. The van der Waals surface area contributed by atoms with E-state index in [9.17, 15) is 0 Å². The summed E-state index contributed by atoms with van der Waals surface area (Å²) in [4.78, 5) is 4.67. The second kappa shape index (κ2) is 5.09. The summed E-state index contributed by atoms with van der Waals surface area (Å²) in [5.41, 5.74) is 3.60. The Morgan fingerprint density at radius 1 is 1.35 bits per heavy atom. The number of rotatable bonds is 4. The van der Waals surface area contributed by atoms with Crippen molar-refractivity contribution >= 4 is 22.6 Å². The Hall–Kier alpha value is -1.02. The van der Waals surface area contributed by atoms with Gasteiger partial charge in [-0.05, 0) is 37.5 Å². The van der Waals surface area contributed by atoms with Crippen LogP contribution in [-0.4, -0.2) is 9.55 Å². The van der Waals surface area contributed by atoms with Crippen LogP contribution in [0.4, 0.5) is 0 Å². The number of hydrogen-bond acceptors (Lipinski definition) is 1. The van der Waals surface area contributed by atoms with Gasteiger partial charge in [0.15, 0.2) is 0 Å². The molecule has 0 amide bonds. The van der Waals surface area contributed by atoms with Gasteiger partial charge in [0, 0.05) is 6.54 Å². The van der Waals surface area contributed by atoms with E-state index in [1.807, 2.05) is 6.92 Å². The van der Waals surface area contributed by atoms with Crippen LogP contribution >= 0.6 is 11.6 Å². The normalized spacial score (nSPS) is 13.2. The average Bonchev–Trinajstić information content (AvgIpc) is 2.68. The van der Waals surface area contributed by atoms with Crippen molar-refractivity contribution in [2.24, 2.45) is 0 Å². The summed E-state index contributed by atoms with van der Waals surface area (Å²) >= 11 is 6.21. The molecule has 2 rings (SSSR count). The molecule has 1 atom stereocenters.